The lowest BCUT2D eigenvalue weighted by molar-refractivity contribution is -0.0136. The molecule has 1 spiro atoms. The standard InChI is InChI=1S/C24H23ClO6/c1-12-9-15(26)14-10-16(13-7-5-4-6-8-13)30-23(14)24(12)22(27)19-17(28-2)11-18(29-3)20(25)21(19)31-24/h4-8,11-12,15-16,26H,9-10H2,1-3H3/t12-,15?,16?,24-/m1/s1. The molecule has 2 aliphatic heterocycles. The average molecular weight is 443 g/mol. The number of carbonyl (C=O) groups is 1. The van der Waals surface area contributed by atoms with E-state index in [0.29, 0.717) is 35.7 Å². The summed E-state index contributed by atoms with van der Waals surface area (Å²) in [6.45, 7) is 1.88. The minimum absolute atomic E-state index is 0.210. The molecule has 2 aromatic rings. The maximum Gasteiger partial charge on any atom is 0.230 e. The number of carbonyl (C=O) groups excluding carboxylic acids is 1. The monoisotopic (exact) mass is 442 g/mol. The minimum Gasteiger partial charge on any atom is -0.496 e. The molecule has 0 aromatic heterocycles. The van der Waals surface area contributed by atoms with Crippen molar-refractivity contribution in [3.8, 4) is 17.2 Å². The van der Waals surface area contributed by atoms with Crippen LogP contribution in [0.4, 0.5) is 0 Å². The predicted molar refractivity (Wildman–Crippen MR) is 114 cm³/mol. The van der Waals surface area contributed by atoms with Crippen LogP contribution in [0.3, 0.4) is 0 Å². The molecule has 1 N–H and O–H groups in total. The van der Waals surface area contributed by atoms with Gasteiger partial charge in [0.2, 0.25) is 11.4 Å². The van der Waals surface area contributed by atoms with E-state index in [2.05, 4.69) is 0 Å². The lowest BCUT2D eigenvalue weighted by atomic mass is 9.72. The van der Waals surface area contributed by atoms with Crippen molar-refractivity contribution in [3.05, 3.63) is 63.9 Å². The molecular formula is C24H23ClO6. The summed E-state index contributed by atoms with van der Waals surface area (Å²) in [5.41, 5.74) is 0.557. The van der Waals surface area contributed by atoms with E-state index in [-0.39, 0.29) is 34.1 Å². The number of Topliss-reactive ketones (excluding diaryl/α,β-unsaturated/α-hetero) is 1. The van der Waals surface area contributed by atoms with Gasteiger partial charge in [0.15, 0.2) is 11.5 Å². The summed E-state index contributed by atoms with van der Waals surface area (Å²) in [5, 5.41) is 11.0. The number of halogens is 1. The first kappa shape index (κ1) is 20.2. The highest BCUT2D eigenvalue weighted by atomic mass is 35.5. The molecule has 31 heavy (non-hydrogen) atoms. The van der Waals surface area contributed by atoms with Crippen molar-refractivity contribution < 1.29 is 28.8 Å². The summed E-state index contributed by atoms with van der Waals surface area (Å²) in [6, 6.07) is 11.3. The van der Waals surface area contributed by atoms with Gasteiger partial charge in [-0.2, -0.15) is 0 Å². The van der Waals surface area contributed by atoms with Crippen LogP contribution in [0.1, 0.15) is 41.8 Å². The van der Waals surface area contributed by atoms with E-state index in [9.17, 15) is 9.90 Å². The third-order valence-corrected chi connectivity index (χ3v) is 6.92. The molecule has 2 aromatic carbocycles. The van der Waals surface area contributed by atoms with Crippen LogP contribution in [0.25, 0.3) is 0 Å². The van der Waals surface area contributed by atoms with Crippen LogP contribution < -0.4 is 14.2 Å². The largest absolute Gasteiger partial charge is 0.496 e. The van der Waals surface area contributed by atoms with Gasteiger partial charge in [-0.05, 0) is 12.0 Å². The molecule has 162 valence electrons. The van der Waals surface area contributed by atoms with Gasteiger partial charge in [0, 0.05) is 24.0 Å². The lowest BCUT2D eigenvalue weighted by Gasteiger charge is -2.39. The molecule has 5 rings (SSSR count). The predicted octanol–water partition coefficient (Wildman–Crippen LogP) is 4.49. The Morgan fingerprint density at radius 3 is 2.55 bits per heavy atom. The smallest absolute Gasteiger partial charge is 0.230 e. The van der Waals surface area contributed by atoms with Gasteiger partial charge in [-0.3, -0.25) is 4.79 Å². The SMILES string of the molecule is COc1cc(OC)c2c(c1Cl)O[C@]1(C2=O)C2=C(CC(c3ccccc3)O2)C(O)C[C@H]1C. The minimum atomic E-state index is -1.40. The van der Waals surface area contributed by atoms with Crippen molar-refractivity contribution in [3.63, 3.8) is 0 Å². The Morgan fingerprint density at radius 2 is 1.87 bits per heavy atom. The quantitative estimate of drug-likeness (QED) is 0.755. The molecule has 4 atom stereocenters. The zero-order chi connectivity index (χ0) is 21.9. The van der Waals surface area contributed by atoms with Crippen LogP contribution in [-0.4, -0.2) is 36.8 Å². The van der Waals surface area contributed by atoms with Crippen molar-refractivity contribution in [1.29, 1.82) is 0 Å². The van der Waals surface area contributed by atoms with Crippen LogP contribution >= 0.6 is 11.6 Å². The van der Waals surface area contributed by atoms with Crippen LogP contribution in [0.5, 0.6) is 17.2 Å². The van der Waals surface area contributed by atoms with Crippen molar-refractivity contribution in [1.82, 2.24) is 0 Å². The second kappa shape index (κ2) is 7.18. The number of aliphatic hydroxyl groups is 1. The number of benzene rings is 2. The third kappa shape index (κ3) is 2.71. The van der Waals surface area contributed by atoms with Crippen molar-refractivity contribution in [2.45, 2.75) is 37.6 Å². The summed E-state index contributed by atoms with van der Waals surface area (Å²) in [7, 11) is 2.97. The molecule has 1 aliphatic carbocycles. The van der Waals surface area contributed by atoms with E-state index >= 15 is 0 Å². The van der Waals surface area contributed by atoms with E-state index in [1.165, 1.54) is 14.2 Å². The topological polar surface area (TPSA) is 74.2 Å². The third-order valence-electron chi connectivity index (χ3n) is 6.56. The van der Waals surface area contributed by atoms with Gasteiger partial charge in [0.25, 0.3) is 0 Å². The summed E-state index contributed by atoms with van der Waals surface area (Å²) in [5.74, 6) is 0.688. The first-order chi connectivity index (χ1) is 14.9. The highest BCUT2D eigenvalue weighted by Crippen LogP contribution is 2.58. The molecule has 0 saturated carbocycles. The number of methoxy groups -OCH3 is 2. The molecule has 3 aliphatic rings. The average Bonchev–Trinajstić information content (AvgIpc) is 3.36. The van der Waals surface area contributed by atoms with E-state index in [4.69, 9.17) is 30.5 Å². The first-order valence-electron chi connectivity index (χ1n) is 10.2. The zero-order valence-electron chi connectivity index (χ0n) is 17.5. The molecule has 0 saturated heterocycles. The van der Waals surface area contributed by atoms with E-state index in [0.717, 1.165) is 5.56 Å². The molecule has 7 heteroatoms. The molecule has 0 amide bonds. The maximum atomic E-state index is 13.9. The summed E-state index contributed by atoms with van der Waals surface area (Å²) < 4.78 is 23.6. The Balaban J connectivity index is 1.64. The summed E-state index contributed by atoms with van der Waals surface area (Å²) in [4.78, 5) is 13.9. The Bertz CT molecular complexity index is 1090. The van der Waals surface area contributed by atoms with Crippen molar-refractivity contribution >= 4 is 17.4 Å². The molecular weight excluding hydrogens is 420 g/mol. The van der Waals surface area contributed by atoms with E-state index in [1.807, 2.05) is 37.3 Å². The first-order valence-corrected chi connectivity index (χ1v) is 10.6. The molecule has 2 heterocycles. The van der Waals surface area contributed by atoms with Crippen molar-refractivity contribution in [2.24, 2.45) is 5.92 Å². The van der Waals surface area contributed by atoms with Crippen LogP contribution in [0.2, 0.25) is 5.02 Å². The number of hydrogen-bond acceptors (Lipinski definition) is 6. The Kier molecular flexibility index (Phi) is 4.68. The second-order valence-electron chi connectivity index (χ2n) is 8.19. The zero-order valence-corrected chi connectivity index (χ0v) is 18.2. The molecule has 6 nitrogen and oxygen atoms in total. The Labute approximate surface area is 185 Å². The van der Waals surface area contributed by atoms with Crippen molar-refractivity contribution in [2.75, 3.05) is 14.2 Å². The highest BCUT2D eigenvalue weighted by molar-refractivity contribution is 6.35. The number of fused-ring (bicyclic) bond motifs is 2. The fourth-order valence-corrected chi connectivity index (χ4v) is 5.23. The molecule has 0 bridgehead atoms. The number of ketones is 1. The van der Waals surface area contributed by atoms with E-state index < -0.39 is 11.7 Å². The van der Waals surface area contributed by atoms with Gasteiger partial charge >= 0.3 is 0 Å². The number of rotatable bonds is 3. The van der Waals surface area contributed by atoms with Gasteiger partial charge < -0.3 is 24.1 Å². The summed E-state index contributed by atoms with van der Waals surface area (Å²) in [6.07, 6.45) is -0.122. The van der Waals surface area contributed by atoms with Gasteiger partial charge in [0.1, 0.15) is 28.2 Å². The van der Waals surface area contributed by atoms with Gasteiger partial charge in [-0.1, -0.05) is 48.9 Å². The normalized spacial score (nSPS) is 28.8. The van der Waals surface area contributed by atoms with Crippen LogP contribution in [0, 0.1) is 5.92 Å². The fraction of sp³-hybridized carbons (Fsp3) is 0.375. The molecule has 0 fully saturated rings. The highest BCUT2D eigenvalue weighted by Gasteiger charge is 2.63. The second-order valence-corrected chi connectivity index (χ2v) is 8.57. The van der Waals surface area contributed by atoms with Gasteiger partial charge in [-0.25, -0.2) is 0 Å². The van der Waals surface area contributed by atoms with Gasteiger partial charge in [0.05, 0.1) is 20.3 Å². The van der Waals surface area contributed by atoms with Crippen LogP contribution in [0.15, 0.2) is 47.7 Å². The maximum absolute atomic E-state index is 13.9. The molecule has 2 unspecified atom stereocenters. The van der Waals surface area contributed by atoms with E-state index in [1.54, 1.807) is 6.07 Å². The Morgan fingerprint density at radius 1 is 1.16 bits per heavy atom. The fourth-order valence-electron chi connectivity index (χ4n) is 4.96. The van der Waals surface area contributed by atoms with Crippen LogP contribution in [-0.2, 0) is 4.74 Å². The Hall–Kier alpha value is -2.70. The number of hydrogen-bond donors (Lipinski definition) is 1. The number of aliphatic hydroxyl groups excluding tert-OH is 1. The lowest BCUT2D eigenvalue weighted by Crippen LogP contribution is -2.52. The summed E-state index contributed by atoms with van der Waals surface area (Å²) >= 11 is 6.53. The van der Waals surface area contributed by atoms with Gasteiger partial charge in [-0.15, -0.1) is 0 Å². The molecule has 0 radical (unpaired) electrons. The number of ether oxygens (including phenoxy) is 4.